The molecule has 0 aromatic carbocycles. The highest BCUT2D eigenvalue weighted by atomic mass is 32.1. The first-order chi connectivity index (χ1) is 9.65. The molecule has 0 unspecified atom stereocenters. The van der Waals surface area contributed by atoms with Gasteiger partial charge in [0, 0.05) is 19.3 Å². The summed E-state index contributed by atoms with van der Waals surface area (Å²) in [5, 5.41) is 0. The van der Waals surface area contributed by atoms with Gasteiger partial charge in [-0.3, -0.25) is 14.0 Å². The summed E-state index contributed by atoms with van der Waals surface area (Å²) in [7, 11) is 1.81. The molecule has 0 atom stereocenters. The SMILES string of the molecule is Cc1nc2sc(C(=O)N(C)CC(C)(C)C)c(C)n2c1C=O. The third kappa shape index (κ3) is 2.85. The zero-order chi connectivity index (χ0) is 15.9. The summed E-state index contributed by atoms with van der Waals surface area (Å²) >= 11 is 1.34. The maximum atomic E-state index is 12.6. The van der Waals surface area contributed by atoms with Crippen molar-refractivity contribution in [3.8, 4) is 0 Å². The van der Waals surface area contributed by atoms with E-state index in [0.717, 1.165) is 12.0 Å². The second-order valence-electron chi connectivity index (χ2n) is 6.56. The van der Waals surface area contributed by atoms with Gasteiger partial charge in [-0.1, -0.05) is 32.1 Å². The Morgan fingerprint density at radius 2 is 2.00 bits per heavy atom. The number of thiazole rings is 1. The summed E-state index contributed by atoms with van der Waals surface area (Å²) in [4.78, 5) is 31.2. The van der Waals surface area contributed by atoms with E-state index in [0.29, 0.717) is 27.8 Å². The molecule has 21 heavy (non-hydrogen) atoms. The van der Waals surface area contributed by atoms with Gasteiger partial charge in [0.2, 0.25) is 0 Å². The highest BCUT2D eigenvalue weighted by Gasteiger charge is 2.25. The summed E-state index contributed by atoms with van der Waals surface area (Å²) in [5.74, 6) is -0.0209. The summed E-state index contributed by atoms with van der Waals surface area (Å²) in [5.41, 5.74) is 2.04. The molecule has 0 aliphatic heterocycles. The van der Waals surface area contributed by atoms with Crippen molar-refractivity contribution in [2.75, 3.05) is 13.6 Å². The molecule has 0 aliphatic carbocycles. The van der Waals surface area contributed by atoms with Gasteiger partial charge in [0.05, 0.1) is 5.69 Å². The van der Waals surface area contributed by atoms with Crippen LogP contribution in [-0.2, 0) is 0 Å². The molecule has 0 saturated heterocycles. The molecule has 2 heterocycles. The lowest BCUT2D eigenvalue weighted by atomic mass is 9.96. The molecule has 6 heteroatoms. The average molecular weight is 307 g/mol. The van der Waals surface area contributed by atoms with Gasteiger partial charge in [-0.2, -0.15) is 0 Å². The van der Waals surface area contributed by atoms with Crippen molar-refractivity contribution in [3.05, 3.63) is 22.0 Å². The number of aldehydes is 1. The van der Waals surface area contributed by atoms with E-state index in [4.69, 9.17) is 0 Å². The van der Waals surface area contributed by atoms with Crippen molar-refractivity contribution in [1.82, 2.24) is 14.3 Å². The molecule has 2 rings (SSSR count). The van der Waals surface area contributed by atoms with Gasteiger partial charge in [0.1, 0.15) is 10.6 Å². The number of amides is 1. The summed E-state index contributed by atoms with van der Waals surface area (Å²) in [6.07, 6.45) is 0.794. The number of rotatable bonds is 3. The Bertz CT molecular complexity index is 707. The van der Waals surface area contributed by atoms with Crippen LogP contribution in [0.3, 0.4) is 0 Å². The number of aromatic nitrogens is 2. The molecule has 0 radical (unpaired) electrons. The Morgan fingerprint density at radius 1 is 1.38 bits per heavy atom. The van der Waals surface area contributed by atoms with E-state index in [1.807, 2.05) is 6.92 Å². The Morgan fingerprint density at radius 3 is 2.52 bits per heavy atom. The molecule has 0 saturated carbocycles. The zero-order valence-electron chi connectivity index (χ0n) is 13.4. The lowest BCUT2D eigenvalue weighted by Crippen LogP contribution is -2.34. The van der Waals surface area contributed by atoms with Crippen LogP contribution in [-0.4, -0.2) is 40.1 Å². The molecule has 2 aromatic heterocycles. The fraction of sp³-hybridized carbons (Fsp3) is 0.533. The van der Waals surface area contributed by atoms with E-state index in [1.165, 1.54) is 11.3 Å². The van der Waals surface area contributed by atoms with E-state index in [-0.39, 0.29) is 11.3 Å². The number of aryl methyl sites for hydroxylation is 2. The van der Waals surface area contributed by atoms with Crippen LogP contribution in [0.2, 0.25) is 0 Å². The maximum absolute atomic E-state index is 12.6. The smallest absolute Gasteiger partial charge is 0.265 e. The van der Waals surface area contributed by atoms with Gasteiger partial charge >= 0.3 is 0 Å². The van der Waals surface area contributed by atoms with Crippen LogP contribution >= 0.6 is 11.3 Å². The molecule has 0 N–H and O–H groups in total. The number of fused-ring (bicyclic) bond motifs is 1. The van der Waals surface area contributed by atoms with Crippen molar-refractivity contribution >= 4 is 28.5 Å². The summed E-state index contributed by atoms with van der Waals surface area (Å²) in [6.45, 7) is 10.6. The van der Waals surface area contributed by atoms with Gasteiger partial charge in [0.25, 0.3) is 5.91 Å². The monoisotopic (exact) mass is 307 g/mol. The minimum Gasteiger partial charge on any atom is -0.340 e. The van der Waals surface area contributed by atoms with Gasteiger partial charge < -0.3 is 4.90 Å². The zero-order valence-corrected chi connectivity index (χ0v) is 14.2. The molecular formula is C15H21N3O2S. The van der Waals surface area contributed by atoms with Crippen LogP contribution < -0.4 is 0 Å². The molecular weight excluding hydrogens is 286 g/mol. The lowest BCUT2D eigenvalue weighted by Gasteiger charge is -2.26. The highest BCUT2D eigenvalue weighted by molar-refractivity contribution is 7.19. The first-order valence-corrected chi connectivity index (χ1v) is 7.66. The maximum Gasteiger partial charge on any atom is 0.265 e. The number of hydrogen-bond acceptors (Lipinski definition) is 4. The van der Waals surface area contributed by atoms with E-state index in [9.17, 15) is 9.59 Å². The topological polar surface area (TPSA) is 54.7 Å². The summed E-state index contributed by atoms with van der Waals surface area (Å²) in [6, 6.07) is 0. The highest BCUT2D eigenvalue weighted by Crippen LogP contribution is 2.27. The van der Waals surface area contributed by atoms with Crippen molar-refractivity contribution in [2.45, 2.75) is 34.6 Å². The van der Waals surface area contributed by atoms with Crippen molar-refractivity contribution in [1.29, 1.82) is 0 Å². The number of carbonyl (C=O) groups is 2. The van der Waals surface area contributed by atoms with Crippen molar-refractivity contribution in [3.63, 3.8) is 0 Å². The largest absolute Gasteiger partial charge is 0.340 e. The Kier molecular flexibility index (Phi) is 3.93. The Hall–Kier alpha value is -1.69. The average Bonchev–Trinajstić information content (AvgIpc) is 2.82. The standard InChI is InChI=1S/C15H21N3O2S/c1-9-11(7-19)18-10(2)12(21-14(18)16-9)13(20)17(6)8-15(3,4)5/h7H,8H2,1-6H3. The first-order valence-electron chi connectivity index (χ1n) is 6.85. The predicted octanol–water partition coefficient (Wildman–Crippen LogP) is 2.94. The van der Waals surface area contributed by atoms with Gasteiger partial charge in [0.15, 0.2) is 11.2 Å². The van der Waals surface area contributed by atoms with Crippen LogP contribution in [0.15, 0.2) is 0 Å². The number of carbonyl (C=O) groups excluding carboxylic acids is 2. The van der Waals surface area contributed by atoms with Crippen molar-refractivity contribution in [2.24, 2.45) is 5.41 Å². The van der Waals surface area contributed by atoms with Gasteiger partial charge in [-0.15, -0.1) is 0 Å². The van der Waals surface area contributed by atoms with Gasteiger partial charge in [-0.05, 0) is 19.3 Å². The third-order valence-corrected chi connectivity index (χ3v) is 4.42. The first kappa shape index (κ1) is 15.7. The summed E-state index contributed by atoms with van der Waals surface area (Å²) < 4.78 is 1.77. The molecule has 5 nitrogen and oxygen atoms in total. The fourth-order valence-corrected chi connectivity index (χ4v) is 3.64. The number of imidazole rings is 1. The fourth-order valence-electron chi connectivity index (χ4n) is 2.47. The minimum absolute atomic E-state index is 0.0209. The minimum atomic E-state index is -0.0209. The Balaban J connectivity index is 2.43. The molecule has 0 bridgehead atoms. The van der Waals surface area contributed by atoms with Crippen LogP contribution in [0, 0.1) is 19.3 Å². The molecule has 114 valence electrons. The van der Waals surface area contributed by atoms with Crippen LogP contribution in [0.25, 0.3) is 4.96 Å². The molecule has 0 spiro atoms. The molecule has 2 aromatic rings. The lowest BCUT2D eigenvalue weighted by molar-refractivity contribution is 0.0749. The normalized spacial score (nSPS) is 11.9. The predicted molar refractivity (Wildman–Crippen MR) is 84.3 cm³/mol. The second-order valence-corrected chi connectivity index (χ2v) is 7.53. The second kappa shape index (κ2) is 5.26. The van der Waals surface area contributed by atoms with E-state index < -0.39 is 0 Å². The quantitative estimate of drug-likeness (QED) is 0.819. The number of hydrogen-bond donors (Lipinski definition) is 0. The van der Waals surface area contributed by atoms with E-state index in [2.05, 4.69) is 25.8 Å². The number of nitrogens with zero attached hydrogens (tertiary/aromatic N) is 3. The van der Waals surface area contributed by atoms with Crippen molar-refractivity contribution < 1.29 is 9.59 Å². The third-order valence-electron chi connectivity index (χ3n) is 3.29. The van der Waals surface area contributed by atoms with Gasteiger partial charge in [-0.25, -0.2) is 4.98 Å². The van der Waals surface area contributed by atoms with E-state index in [1.54, 1.807) is 23.3 Å². The molecule has 0 aliphatic rings. The molecule has 0 fully saturated rings. The Labute approximate surface area is 128 Å². The van der Waals surface area contributed by atoms with E-state index >= 15 is 0 Å². The van der Waals surface area contributed by atoms with Crippen LogP contribution in [0.1, 0.15) is 52.3 Å². The van der Waals surface area contributed by atoms with Crippen LogP contribution in [0.5, 0.6) is 0 Å². The molecule has 1 amide bonds. The van der Waals surface area contributed by atoms with Crippen LogP contribution in [0.4, 0.5) is 0 Å².